The summed E-state index contributed by atoms with van der Waals surface area (Å²) in [6.45, 7) is 2.54. The van der Waals surface area contributed by atoms with Crippen molar-refractivity contribution in [3.05, 3.63) is 34.2 Å². The lowest BCUT2D eigenvalue weighted by Crippen LogP contribution is -1.95. The number of nitrogens with zero attached hydrogens (tertiary/aromatic N) is 1. The fourth-order valence-electron chi connectivity index (χ4n) is 1.63. The van der Waals surface area contributed by atoms with Crippen LogP contribution in [0.3, 0.4) is 0 Å². The molecule has 0 radical (unpaired) electrons. The lowest BCUT2D eigenvalue weighted by Gasteiger charge is -2.06. The second-order valence-corrected chi connectivity index (χ2v) is 4.70. The van der Waals surface area contributed by atoms with Crippen LogP contribution in [0.1, 0.15) is 9.88 Å². The Morgan fingerprint density at radius 3 is 2.75 bits per heavy atom. The number of aromatic nitrogens is 1. The molecule has 2 N–H and O–H groups in total. The largest absolute Gasteiger partial charge is 0.496 e. The highest BCUT2D eigenvalue weighted by molar-refractivity contribution is 7.12. The number of hydrogen-bond acceptors (Lipinski definition) is 4. The van der Waals surface area contributed by atoms with Crippen LogP contribution in [0, 0.1) is 6.92 Å². The van der Waals surface area contributed by atoms with Gasteiger partial charge in [-0.15, -0.1) is 11.3 Å². The first kappa shape index (κ1) is 11.1. The SMILES string of the molecule is COc1ccccc1-c1nc(CN)sc1C. The number of thiazole rings is 1. The first-order valence-electron chi connectivity index (χ1n) is 5.06. The Labute approximate surface area is 98.9 Å². The first-order valence-corrected chi connectivity index (χ1v) is 5.87. The highest BCUT2D eigenvalue weighted by Crippen LogP contribution is 2.33. The molecule has 16 heavy (non-hydrogen) atoms. The lowest BCUT2D eigenvalue weighted by atomic mass is 10.1. The van der Waals surface area contributed by atoms with E-state index in [0.717, 1.165) is 22.0 Å². The van der Waals surface area contributed by atoms with Crippen LogP contribution in [0.5, 0.6) is 5.75 Å². The van der Waals surface area contributed by atoms with Crippen molar-refractivity contribution in [2.75, 3.05) is 7.11 Å². The molecular weight excluding hydrogens is 220 g/mol. The summed E-state index contributed by atoms with van der Waals surface area (Å²) < 4.78 is 5.33. The van der Waals surface area contributed by atoms with Crippen LogP contribution in [-0.2, 0) is 6.54 Å². The van der Waals surface area contributed by atoms with E-state index in [2.05, 4.69) is 11.9 Å². The summed E-state index contributed by atoms with van der Waals surface area (Å²) in [4.78, 5) is 5.69. The van der Waals surface area contributed by atoms with Crippen molar-refractivity contribution in [2.45, 2.75) is 13.5 Å². The molecule has 0 amide bonds. The molecule has 0 aliphatic heterocycles. The number of ether oxygens (including phenoxy) is 1. The summed E-state index contributed by atoms with van der Waals surface area (Å²) in [6.07, 6.45) is 0. The van der Waals surface area contributed by atoms with E-state index in [-0.39, 0.29) is 0 Å². The number of rotatable bonds is 3. The molecule has 0 bridgehead atoms. The number of benzene rings is 1. The molecule has 0 spiro atoms. The predicted octanol–water partition coefficient (Wildman–Crippen LogP) is 2.59. The maximum atomic E-state index is 5.60. The van der Waals surface area contributed by atoms with Crippen LogP contribution < -0.4 is 10.5 Å². The summed E-state index contributed by atoms with van der Waals surface area (Å²) in [5.74, 6) is 0.847. The molecule has 4 heteroatoms. The van der Waals surface area contributed by atoms with Crippen molar-refractivity contribution < 1.29 is 4.74 Å². The average molecular weight is 234 g/mol. The summed E-state index contributed by atoms with van der Waals surface area (Å²) in [5.41, 5.74) is 7.60. The molecule has 2 rings (SSSR count). The van der Waals surface area contributed by atoms with Crippen LogP contribution in [-0.4, -0.2) is 12.1 Å². The van der Waals surface area contributed by atoms with Gasteiger partial charge in [0.05, 0.1) is 12.8 Å². The number of para-hydroxylation sites is 1. The van der Waals surface area contributed by atoms with E-state index in [1.54, 1.807) is 18.4 Å². The smallest absolute Gasteiger partial charge is 0.128 e. The van der Waals surface area contributed by atoms with E-state index >= 15 is 0 Å². The zero-order chi connectivity index (χ0) is 11.5. The summed E-state index contributed by atoms with van der Waals surface area (Å²) in [5, 5.41) is 0.957. The minimum atomic E-state index is 0.487. The maximum Gasteiger partial charge on any atom is 0.128 e. The first-order chi connectivity index (χ1) is 7.76. The van der Waals surface area contributed by atoms with E-state index in [9.17, 15) is 0 Å². The number of aryl methyl sites for hydroxylation is 1. The van der Waals surface area contributed by atoms with Gasteiger partial charge in [0.1, 0.15) is 10.8 Å². The minimum absolute atomic E-state index is 0.487. The summed E-state index contributed by atoms with van der Waals surface area (Å²) in [6, 6.07) is 7.89. The van der Waals surface area contributed by atoms with Crippen molar-refractivity contribution in [1.82, 2.24) is 4.98 Å². The molecule has 3 nitrogen and oxygen atoms in total. The van der Waals surface area contributed by atoms with E-state index < -0.39 is 0 Å². The molecule has 2 aromatic rings. The van der Waals surface area contributed by atoms with Crippen LogP contribution in [0.4, 0.5) is 0 Å². The Bertz CT molecular complexity index is 494. The Morgan fingerprint density at radius 2 is 2.12 bits per heavy atom. The van der Waals surface area contributed by atoms with Crippen molar-refractivity contribution >= 4 is 11.3 Å². The van der Waals surface area contributed by atoms with Crippen LogP contribution >= 0.6 is 11.3 Å². The van der Waals surface area contributed by atoms with Crippen molar-refractivity contribution in [1.29, 1.82) is 0 Å². The van der Waals surface area contributed by atoms with E-state index in [0.29, 0.717) is 6.54 Å². The van der Waals surface area contributed by atoms with Crippen molar-refractivity contribution in [2.24, 2.45) is 5.73 Å². The van der Waals surface area contributed by atoms with Gasteiger partial charge in [0.25, 0.3) is 0 Å². The molecule has 0 fully saturated rings. The second kappa shape index (κ2) is 4.63. The highest BCUT2D eigenvalue weighted by atomic mass is 32.1. The van der Waals surface area contributed by atoms with Crippen molar-refractivity contribution in [3.63, 3.8) is 0 Å². The Kier molecular flexibility index (Phi) is 3.22. The van der Waals surface area contributed by atoms with Gasteiger partial charge >= 0.3 is 0 Å². The predicted molar refractivity (Wildman–Crippen MR) is 66.7 cm³/mol. The zero-order valence-electron chi connectivity index (χ0n) is 9.36. The Balaban J connectivity index is 2.53. The maximum absolute atomic E-state index is 5.60. The van der Waals surface area contributed by atoms with E-state index in [1.165, 1.54) is 4.88 Å². The van der Waals surface area contributed by atoms with Gasteiger partial charge in [-0.25, -0.2) is 4.98 Å². The fourth-order valence-corrected chi connectivity index (χ4v) is 2.45. The quantitative estimate of drug-likeness (QED) is 0.888. The van der Waals surface area contributed by atoms with Crippen LogP contribution in [0.15, 0.2) is 24.3 Å². The fraction of sp³-hybridized carbons (Fsp3) is 0.250. The monoisotopic (exact) mass is 234 g/mol. The lowest BCUT2D eigenvalue weighted by molar-refractivity contribution is 0.416. The van der Waals surface area contributed by atoms with Gasteiger partial charge in [-0.3, -0.25) is 0 Å². The molecule has 1 heterocycles. The molecule has 0 unspecified atom stereocenters. The Morgan fingerprint density at radius 1 is 1.38 bits per heavy atom. The van der Waals surface area contributed by atoms with Gasteiger partial charge < -0.3 is 10.5 Å². The molecule has 84 valence electrons. The highest BCUT2D eigenvalue weighted by Gasteiger charge is 2.12. The normalized spacial score (nSPS) is 10.4. The van der Waals surface area contributed by atoms with E-state index in [4.69, 9.17) is 10.5 Å². The minimum Gasteiger partial charge on any atom is -0.496 e. The molecule has 0 atom stereocenters. The number of methoxy groups -OCH3 is 1. The third-order valence-corrected chi connectivity index (χ3v) is 3.37. The molecule has 1 aromatic carbocycles. The van der Waals surface area contributed by atoms with Gasteiger partial charge in [0, 0.05) is 17.0 Å². The number of hydrogen-bond donors (Lipinski definition) is 1. The van der Waals surface area contributed by atoms with Gasteiger partial charge in [-0.05, 0) is 19.1 Å². The van der Waals surface area contributed by atoms with Crippen LogP contribution in [0.25, 0.3) is 11.3 Å². The van der Waals surface area contributed by atoms with Gasteiger partial charge in [-0.2, -0.15) is 0 Å². The molecular formula is C12H14N2OS. The average Bonchev–Trinajstić information content (AvgIpc) is 2.70. The standard InChI is InChI=1S/C12H14N2OS/c1-8-12(14-11(7-13)16-8)9-5-3-4-6-10(9)15-2/h3-6H,7,13H2,1-2H3. The third kappa shape index (κ3) is 1.94. The van der Waals surface area contributed by atoms with Gasteiger partial charge in [0.15, 0.2) is 0 Å². The second-order valence-electron chi connectivity index (χ2n) is 3.42. The molecule has 0 aliphatic rings. The molecule has 0 aliphatic carbocycles. The molecule has 0 saturated carbocycles. The van der Waals surface area contributed by atoms with Gasteiger partial charge in [-0.1, -0.05) is 12.1 Å². The zero-order valence-corrected chi connectivity index (χ0v) is 10.2. The van der Waals surface area contributed by atoms with Gasteiger partial charge in [0.2, 0.25) is 0 Å². The molecule has 1 aromatic heterocycles. The Hall–Kier alpha value is -1.39. The van der Waals surface area contributed by atoms with Crippen molar-refractivity contribution in [3.8, 4) is 17.0 Å². The van der Waals surface area contributed by atoms with Crippen LogP contribution in [0.2, 0.25) is 0 Å². The summed E-state index contributed by atoms with van der Waals surface area (Å²) >= 11 is 1.64. The number of nitrogens with two attached hydrogens (primary N) is 1. The summed E-state index contributed by atoms with van der Waals surface area (Å²) in [7, 11) is 1.67. The van der Waals surface area contributed by atoms with E-state index in [1.807, 2.05) is 24.3 Å². The topological polar surface area (TPSA) is 48.1 Å². The third-order valence-electron chi connectivity index (χ3n) is 2.38. The molecule has 0 saturated heterocycles.